The predicted molar refractivity (Wildman–Crippen MR) is 130 cm³/mol. The molecule has 0 N–H and O–H groups in total. The molecule has 0 fully saturated rings. The number of hydrogen-bond donors (Lipinski definition) is 0. The lowest BCUT2D eigenvalue weighted by molar-refractivity contribution is 0.300. The van der Waals surface area contributed by atoms with Gasteiger partial charge in [0.15, 0.2) is 11.6 Å². The molecule has 0 aromatic carbocycles. The van der Waals surface area contributed by atoms with Gasteiger partial charge in [-0.05, 0) is 52.0 Å². The van der Waals surface area contributed by atoms with Crippen LogP contribution in [0.4, 0.5) is 0 Å². The van der Waals surface area contributed by atoms with Crippen LogP contribution < -0.4 is 0 Å². The molecule has 4 aromatic heterocycles. The maximum atomic E-state index is 5.03. The van der Waals surface area contributed by atoms with E-state index >= 15 is 0 Å². The normalized spacial score (nSPS) is 17.8. The van der Waals surface area contributed by atoms with E-state index in [0.717, 1.165) is 34.4 Å². The second-order valence-corrected chi connectivity index (χ2v) is 10.8. The minimum Gasteiger partial charge on any atom is -0.233 e. The molecule has 6 nitrogen and oxygen atoms in total. The second kappa shape index (κ2) is 6.86. The van der Waals surface area contributed by atoms with E-state index in [-0.39, 0.29) is 16.2 Å². The molecule has 0 saturated carbocycles. The number of aromatic nitrogens is 6. The van der Waals surface area contributed by atoms with Gasteiger partial charge in [0.05, 0.1) is 22.8 Å². The maximum absolute atomic E-state index is 5.03. The first-order chi connectivity index (χ1) is 15.4. The van der Waals surface area contributed by atoms with Gasteiger partial charge >= 0.3 is 0 Å². The molecule has 0 saturated heterocycles. The van der Waals surface area contributed by atoms with E-state index in [9.17, 15) is 0 Å². The molecule has 8 bridgehead atoms. The summed E-state index contributed by atoms with van der Waals surface area (Å²) in [5.41, 5.74) is 5.55. The van der Waals surface area contributed by atoms with Crippen molar-refractivity contribution in [3.8, 4) is 11.6 Å². The zero-order valence-electron chi connectivity index (χ0n) is 20.8. The lowest BCUT2D eigenvalue weighted by Gasteiger charge is -2.41. The van der Waals surface area contributed by atoms with E-state index in [4.69, 9.17) is 20.2 Å². The Bertz CT molecular complexity index is 1270. The van der Waals surface area contributed by atoms with Crippen LogP contribution in [-0.2, 0) is 16.2 Å². The largest absolute Gasteiger partial charge is 0.233 e. The summed E-state index contributed by atoms with van der Waals surface area (Å²) in [7, 11) is 0. The van der Waals surface area contributed by atoms with Gasteiger partial charge in [-0.1, -0.05) is 39.8 Å². The quantitative estimate of drug-likeness (QED) is 0.369. The molecular weight excluding hydrogens is 408 g/mol. The average molecular weight is 441 g/mol. The van der Waals surface area contributed by atoms with E-state index in [0.29, 0.717) is 0 Å². The molecule has 0 amide bonds. The molecule has 170 valence electrons. The van der Waals surface area contributed by atoms with E-state index in [1.54, 1.807) is 0 Å². The van der Waals surface area contributed by atoms with E-state index in [1.165, 1.54) is 11.1 Å². The highest BCUT2D eigenvalue weighted by molar-refractivity contribution is 5.42. The highest BCUT2D eigenvalue weighted by Gasteiger charge is 2.43. The Morgan fingerprint density at radius 3 is 1.39 bits per heavy atom. The van der Waals surface area contributed by atoms with E-state index < -0.39 is 0 Å². The smallest absolute Gasteiger partial charge is 0.153 e. The molecule has 0 unspecified atom stereocenters. The van der Waals surface area contributed by atoms with Crippen molar-refractivity contribution in [2.45, 2.75) is 71.6 Å². The SMILES string of the molecule is Cc1nn2cc1C(C)(C)C(C)(C)c1cn(nc1C)-c1cccc(n1)C(C)(C)c1cccc-2n1. The number of pyridine rings is 2. The summed E-state index contributed by atoms with van der Waals surface area (Å²) in [5.74, 6) is 1.63. The first-order valence-corrected chi connectivity index (χ1v) is 11.5. The molecule has 0 aliphatic carbocycles. The zero-order chi connectivity index (χ0) is 23.8. The van der Waals surface area contributed by atoms with Gasteiger partial charge in [-0.3, -0.25) is 0 Å². The predicted octanol–water partition coefficient (Wildman–Crippen LogP) is 5.36. The molecule has 6 heteroatoms. The Labute approximate surface area is 195 Å². The molecular formula is C27H32N6. The number of fused-ring (bicyclic) bond motifs is 10. The fraction of sp³-hybridized carbons (Fsp3) is 0.407. The Hall–Kier alpha value is -3.28. The highest BCUT2D eigenvalue weighted by Crippen LogP contribution is 2.46. The van der Waals surface area contributed by atoms with Crippen LogP contribution in [0.25, 0.3) is 11.6 Å². The van der Waals surface area contributed by atoms with Crippen molar-refractivity contribution < 1.29 is 0 Å². The summed E-state index contributed by atoms with van der Waals surface area (Å²) in [4.78, 5) is 10.1. The first kappa shape index (κ1) is 21.6. The van der Waals surface area contributed by atoms with Gasteiger partial charge in [0.2, 0.25) is 0 Å². The molecule has 1 aliphatic rings. The van der Waals surface area contributed by atoms with Crippen molar-refractivity contribution in [2.75, 3.05) is 0 Å². The van der Waals surface area contributed by atoms with Crippen LogP contribution in [0, 0.1) is 13.8 Å². The third kappa shape index (κ3) is 3.07. The highest BCUT2D eigenvalue weighted by atomic mass is 15.3. The van der Waals surface area contributed by atoms with Crippen LogP contribution >= 0.6 is 0 Å². The summed E-state index contributed by atoms with van der Waals surface area (Å²) < 4.78 is 3.84. The van der Waals surface area contributed by atoms with Gasteiger partial charge in [-0.15, -0.1) is 0 Å². The number of aryl methyl sites for hydroxylation is 2. The molecule has 33 heavy (non-hydrogen) atoms. The summed E-state index contributed by atoms with van der Waals surface area (Å²) in [5, 5.41) is 9.77. The Morgan fingerprint density at radius 2 is 1.00 bits per heavy atom. The first-order valence-electron chi connectivity index (χ1n) is 11.5. The van der Waals surface area contributed by atoms with Crippen molar-refractivity contribution in [3.63, 3.8) is 0 Å². The standard InChI is InChI=1S/C27H32N6/c1-17-19-15-32(30-17)23-13-9-11-21(28-23)25(3,4)22-12-10-14-24(29-22)33-16-20(18(2)31-33)27(7,8)26(19,5)6/h9-16H,1-8H3. The maximum Gasteiger partial charge on any atom is 0.153 e. The van der Waals surface area contributed by atoms with Gasteiger partial charge in [0, 0.05) is 39.8 Å². The minimum atomic E-state index is -0.388. The van der Waals surface area contributed by atoms with E-state index in [1.807, 2.05) is 21.5 Å². The summed E-state index contributed by atoms with van der Waals surface area (Å²) in [6.45, 7) is 17.7. The molecule has 5 rings (SSSR count). The fourth-order valence-electron chi connectivity index (χ4n) is 4.98. The average Bonchev–Trinajstić information content (AvgIpc) is 3.37. The van der Waals surface area contributed by atoms with Gasteiger partial charge in [0.25, 0.3) is 0 Å². The Morgan fingerprint density at radius 1 is 0.606 bits per heavy atom. The summed E-state index contributed by atoms with van der Waals surface area (Å²) >= 11 is 0. The van der Waals surface area contributed by atoms with Crippen LogP contribution in [0.1, 0.15) is 75.4 Å². The van der Waals surface area contributed by atoms with Crippen molar-refractivity contribution in [1.82, 2.24) is 29.5 Å². The fourth-order valence-corrected chi connectivity index (χ4v) is 4.98. The number of rotatable bonds is 0. The van der Waals surface area contributed by atoms with Gasteiger partial charge in [-0.2, -0.15) is 10.2 Å². The third-order valence-electron chi connectivity index (χ3n) is 7.93. The minimum absolute atomic E-state index is 0.208. The van der Waals surface area contributed by atoms with Gasteiger partial charge < -0.3 is 0 Å². The molecule has 0 radical (unpaired) electrons. The van der Waals surface area contributed by atoms with Crippen LogP contribution in [0.5, 0.6) is 0 Å². The Balaban J connectivity index is 1.86. The van der Waals surface area contributed by atoms with Crippen LogP contribution in [0.15, 0.2) is 48.8 Å². The molecule has 5 heterocycles. The molecule has 4 aromatic rings. The molecule has 0 spiro atoms. The van der Waals surface area contributed by atoms with Crippen molar-refractivity contribution in [1.29, 1.82) is 0 Å². The lowest BCUT2D eigenvalue weighted by atomic mass is 9.61. The Kier molecular flexibility index (Phi) is 4.48. The monoisotopic (exact) mass is 440 g/mol. The van der Waals surface area contributed by atoms with E-state index in [2.05, 4.69) is 92.0 Å². The summed E-state index contributed by atoms with van der Waals surface area (Å²) in [6.07, 6.45) is 4.29. The van der Waals surface area contributed by atoms with Crippen molar-refractivity contribution in [3.05, 3.63) is 82.7 Å². The summed E-state index contributed by atoms with van der Waals surface area (Å²) in [6, 6.07) is 12.3. The topological polar surface area (TPSA) is 61.4 Å². The molecule has 1 aliphatic heterocycles. The number of hydrogen-bond acceptors (Lipinski definition) is 4. The van der Waals surface area contributed by atoms with Gasteiger partial charge in [0.1, 0.15) is 0 Å². The zero-order valence-corrected chi connectivity index (χ0v) is 20.8. The lowest BCUT2D eigenvalue weighted by Crippen LogP contribution is -2.41. The van der Waals surface area contributed by atoms with Crippen molar-refractivity contribution in [2.24, 2.45) is 0 Å². The van der Waals surface area contributed by atoms with Gasteiger partial charge in [-0.25, -0.2) is 19.3 Å². The van der Waals surface area contributed by atoms with Crippen LogP contribution in [-0.4, -0.2) is 29.5 Å². The van der Waals surface area contributed by atoms with Crippen LogP contribution in [0.3, 0.4) is 0 Å². The number of nitrogens with zero attached hydrogens (tertiary/aromatic N) is 6. The molecule has 0 atom stereocenters. The second-order valence-electron chi connectivity index (χ2n) is 10.8. The van der Waals surface area contributed by atoms with Crippen LogP contribution in [0.2, 0.25) is 0 Å². The van der Waals surface area contributed by atoms with Crippen molar-refractivity contribution >= 4 is 0 Å². The third-order valence-corrected chi connectivity index (χ3v) is 7.93.